The van der Waals surface area contributed by atoms with Crippen LogP contribution in [0.4, 0.5) is 0 Å². The maximum Gasteiger partial charge on any atom is 0.103 e. The van der Waals surface area contributed by atoms with Crippen LogP contribution in [0.15, 0.2) is 18.2 Å². The first-order chi connectivity index (χ1) is 8.40. The van der Waals surface area contributed by atoms with Crippen LogP contribution in [0, 0.1) is 12.8 Å². The molecule has 0 aliphatic rings. The van der Waals surface area contributed by atoms with Crippen LogP contribution in [0.1, 0.15) is 43.9 Å². The van der Waals surface area contributed by atoms with Gasteiger partial charge in [-0.25, -0.2) is 0 Å². The standard InChI is InChI=1S/C15H23NOS/c1-10(2)7-12(4)17-9-14-6-5-13(15(16)18)8-11(14)3/h5-6,8,10,12H,7,9H2,1-4H3,(H2,16,18). The first-order valence-electron chi connectivity index (χ1n) is 6.41. The van der Waals surface area contributed by atoms with E-state index in [0.717, 1.165) is 12.0 Å². The van der Waals surface area contributed by atoms with E-state index in [-0.39, 0.29) is 0 Å². The van der Waals surface area contributed by atoms with E-state index in [1.807, 2.05) is 18.2 Å². The normalized spacial score (nSPS) is 12.7. The average molecular weight is 265 g/mol. The maximum atomic E-state index is 5.86. The van der Waals surface area contributed by atoms with Crippen LogP contribution >= 0.6 is 12.2 Å². The Morgan fingerprint density at radius 3 is 2.50 bits per heavy atom. The fraction of sp³-hybridized carbons (Fsp3) is 0.533. The van der Waals surface area contributed by atoms with Crippen LogP contribution in [-0.2, 0) is 11.3 Å². The molecule has 0 radical (unpaired) electrons. The van der Waals surface area contributed by atoms with Gasteiger partial charge >= 0.3 is 0 Å². The van der Waals surface area contributed by atoms with Crippen molar-refractivity contribution in [3.63, 3.8) is 0 Å². The fourth-order valence-electron chi connectivity index (χ4n) is 1.98. The number of aryl methyl sites for hydroxylation is 1. The predicted molar refractivity (Wildman–Crippen MR) is 80.8 cm³/mol. The summed E-state index contributed by atoms with van der Waals surface area (Å²) in [6.07, 6.45) is 1.38. The molecule has 18 heavy (non-hydrogen) atoms. The molecule has 0 saturated heterocycles. The number of hydrogen-bond donors (Lipinski definition) is 1. The second kappa shape index (κ2) is 6.86. The second-order valence-corrected chi connectivity index (χ2v) is 5.70. The summed E-state index contributed by atoms with van der Waals surface area (Å²) in [5, 5.41) is 0. The predicted octanol–water partition coefficient (Wildman–Crippen LogP) is 3.58. The number of benzene rings is 1. The third-order valence-corrected chi connectivity index (χ3v) is 3.19. The fourth-order valence-corrected chi connectivity index (χ4v) is 2.10. The summed E-state index contributed by atoms with van der Waals surface area (Å²) >= 11 is 4.97. The van der Waals surface area contributed by atoms with Crippen LogP contribution in [0.5, 0.6) is 0 Å². The number of hydrogen-bond acceptors (Lipinski definition) is 2. The molecule has 0 spiro atoms. The Morgan fingerprint density at radius 1 is 1.33 bits per heavy atom. The lowest BCUT2D eigenvalue weighted by Gasteiger charge is -2.16. The van der Waals surface area contributed by atoms with Crippen molar-refractivity contribution in [1.82, 2.24) is 0 Å². The number of nitrogens with two attached hydrogens (primary N) is 1. The van der Waals surface area contributed by atoms with Crippen LogP contribution in [0.2, 0.25) is 0 Å². The van der Waals surface area contributed by atoms with E-state index in [9.17, 15) is 0 Å². The van der Waals surface area contributed by atoms with Crippen molar-refractivity contribution in [3.05, 3.63) is 34.9 Å². The van der Waals surface area contributed by atoms with E-state index in [4.69, 9.17) is 22.7 Å². The van der Waals surface area contributed by atoms with Crippen molar-refractivity contribution in [2.75, 3.05) is 0 Å². The summed E-state index contributed by atoms with van der Waals surface area (Å²) in [5.74, 6) is 0.665. The molecule has 0 aromatic heterocycles. The van der Waals surface area contributed by atoms with Crippen LogP contribution < -0.4 is 5.73 Å². The Hall–Kier alpha value is -0.930. The zero-order valence-electron chi connectivity index (χ0n) is 11.7. The molecule has 1 rings (SSSR count). The van der Waals surface area contributed by atoms with Crippen LogP contribution in [0.3, 0.4) is 0 Å². The summed E-state index contributed by atoms with van der Waals surface area (Å²) < 4.78 is 5.86. The van der Waals surface area contributed by atoms with Gasteiger partial charge < -0.3 is 10.5 Å². The quantitative estimate of drug-likeness (QED) is 0.798. The molecule has 0 amide bonds. The van der Waals surface area contributed by atoms with Gasteiger partial charge in [0.15, 0.2) is 0 Å². The first-order valence-corrected chi connectivity index (χ1v) is 6.82. The van der Waals surface area contributed by atoms with Crippen LogP contribution in [0.25, 0.3) is 0 Å². The third-order valence-electron chi connectivity index (χ3n) is 2.95. The molecular formula is C15H23NOS. The van der Waals surface area contributed by atoms with Gasteiger partial charge in [0.2, 0.25) is 0 Å². The highest BCUT2D eigenvalue weighted by molar-refractivity contribution is 7.80. The minimum atomic E-state index is 0.291. The average Bonchev–Trinajstić information content (AvgIpc) is 2.26. The topological polar surface area (TPSA) is 35.2 Å². The highest BCUT2D eigenvalue weighted by atomic mass is 32.1. The number of thiocarbonyl (C=S) groups is 1. The van der Waals surface area contributed by atoms with Gasteiger partial charge in [0.25, 0.3) is 0 Å². The number of ether oxygens (including phenoxy) is 1. The van der Waals surface area contributed by atoms with Crippen molar-refractivity contribution in [3.8, 4) is 0 Å². The zero-order valence-corrected chi connectivity index (χ0v) is 12.5. The maximum absolute atomic E-state index is 5.86. The third kappa shape index (κ3) is 4.75. The van der Waals surface area contributed by atoms with E-state index in [1.165, 1.54) is 11.1 Å². The lowest BCUT2D eigenvalue weighted by atomic mass is 10.0. The molecule has 1 atom stereocenters. The van der Waals surface area contributed by atoms with Gasteiger partial charge in [-0.2, -0.15) is 0 Å². The van der Waals surface area contributed by atoms with E-state index in [1.54, 1.807) is 0 Å². The SMILES string of the molecule is Cc1cc(C(N)=S)ccc1COC(C)CC(C)C. The minimum Gasteiger partial charge on any atom is -0.389 e. The summed E-state index contributed by atoms with van der Waals surface area (Å²) in [6.45, 7) is 9.26. The Bertz CT molecular complexity index is 415. The van der Waals surface area contributed by atoms with Gasteiger partial charge in [0, 0.05) is 5.56 Å². The van der Waals surface area contributed by atoms with Gasteiger partial charge in [-0.05, 0) is 43.4 Å². The Balaban J connectivity index is 2.60. The van der Waals surface area contributed by atoms with E-state index in [0.29, 0.717) is 23.6 Å². The smallest absolute Gasteiger partial charge is 0.103 e. The molecule has 0 saturated carbocycles. The largest absolute Gasteiger partial charge is 0.389 e. The first kappa shape index (κ1) is 15.1. The van der Waals surface area contributed by atoms with Gasteiger partial charge in [-0.1, -0.05) is 38.2 Å². The number of rotatable bonds is 6. The van der Waals surface area contributed by atoms with Gasteiger partial charge in [-0.3, -0.25) is 0 Å². The van der Waals surface area contributed by atoms with Crippen molar-refractivity contribution >= 4 is 17.2 Å². The summed E-state index contributed by atoms with van der Waals surface area (Å²) in [7, 11) is 0. The van der Waals surface area contributed by atoms with E-state index in [2.05, 4.69) is 27.7 Å². The van der Waals surface area contributed by atoms with Gasteiger partial charge in [0.05, 0.1) is 12.7 Å². The van der Waals surface area contributed by atoms with Crippen molar-refractivity contribution < 1.29 is 4.74 Å². The molecule has 0 aliphatic heterocycles. The molecule has 3 heteroatoms. The molecule has 0 aliphatic carbocycles. The lowest BCUT2D eigenvalue weighted by molar-refractivity contribution is 0.0394. The Labute approximate surface area is 116 Å². The molecule has 1 aromatic carbocycles. The molecule has 2 nitrogen and oxygen atoms in total. The molecule has 0 heterocycles. The molecule has 2 N–H and O–H groups in total. The Morgan fingerprint density at radius 2 is 2.00 bits per heavy atom. The van der Waals surface area contributed by atoms with Gasteiger partial charge in [0.1, 0.15) is 4.99 Å². The zero-order chi connectivity index (χ0) is 13.7. The Kier molecular flexibility index (Phi) is 5.76. The summed E-state index contributed by atoms with van der Waals surface area (Å²) in [5.41, 5.74) is 8.91. The van der Waals surface area contributed by atoms with Crippen molar-refractivity contribution in [1.29, 1.82) is 0 Å². The molecule has 0 bridgehead atoms. The molecule has 0 fully saturated rings. The van der Waals surface area contributed by atoms with Crippen molar-refractivity contribution in [2.45, 2.75) is 46.8 Å². The monoisotopic (exact) mass is 265 g/mol. The molecule has 1 unspecified atom stereocenters. The van der Waals surface area contributed by atoms with Gasteiger partial charge in [-0.15, -0.1) is 0 Å². The van der Waals surface area contributed by atoms with Crippen LogP contribution in [-0.4, -0.2) is 11.1 Å². The lowest BCUT2D eigenvalue weighted by Crippen LogP contribution is -2.12. The van der Waals surface area contributed by atoms with E-state index < -0.39 is 0 Å². The molecule has 100 valence electrons. The molecular weight excluding hydrogens is 242 g/mol. The highest BCUT2D eigenvalue weighted by Crippen LogP contribution is 2.15. The van der Waals surface area contributed by atoms with Crippen molar-refractivity contribution in [2.24, 2.45) is 11.7 Å². The second-order valence-electron chi connectivity index (χ2n) is 5.26. The molecule has 1 aromatic rings. The van der Waals surface area contributed by atoms with E-state index >= 15 is 0 Å². The minimum absolute atomic E-state index is 0.291. The highest BCUT2D eigenvalue weighted by Gasteiger charge is 2.07. The summed E-state index contributed by atoms with van der Waals surface area (Å²) in [4.78, 5) is 0.443. The summed E-state index contributed by atoms with van der Waals surface area (Å²) in [6, 6.07) is 6.03.